The van der Waals surface area contributed by atoms with Crippen LogP contribution in [0, 0.1) is 0 Å². The third kappa shape index (κ3) is 4.04. The lowest BCUT2D eigenvalue weighted by atomic mass is 10.3. The van der Waals surface area contributed by atoms with Crippen molar-refractivity contribution in [3.63, 3.8) is 0 Å². The molecule has 0 radical (unpaired) electrons. The molecule has 0 unspecified atom stereocenters. The quantitative estimate of drug-likeness (QED) is 0.712. The summed E-state index contributed by atoms with van der Waals surface area (Å²) < 4.78 is 49.6. The Balaban J connectivity index is 2.12. The summed E-state index contributed by atoms with van der Waals surface area (Å²) in [5, 5.41) is 12.5. The van der Waals surface area contributed by atoms with Crippen molar-refractivity contribution in [2.45, 2.75) is 16.5 Å². The normalized spacial score (nSPS) is 12.3. The first-order valence-corrected chi connectivity index (χ1v) is 8.74. The monoisotopic (exact) mass is 331 g/mol. The summed E-state index contributed by atoms with van der Waals surface area (Å²) in [5.41, 5.74) is 0.495. The molecule has 1 aromatic heterocycles. The fourth-order valence-electron chi connectivity index (χ4n) is 1.58. The van der Waals surface area contributed by atoms with E-state index in [0.29, 0.717) is 11.4 Å². The number of nitrogens with one attached hydrogen (secondary N) is 1. The standard InChI is InChI=1S/C11H13N3O5S2/c12-20(15,16)10-3-1-2-8(6-10)14-7-9-4-5-11(19-9)21(13,17)18/h1-6,14H,7H2,(H2,12,15,16)(H2,13,17,18). The minimum absolute atomic E-state index is 0.0304. The van der Waals surface area contributed by atoms with Gasteiger partial charge in [0.15, 0.2) is 0 Å². The van der Waals surface area contributed by atoms with E-state index in [0.717, 1.165) is 0 Å². The predicted molar refractivity (Wildman–Crippen MR) is 75.2 cm³/mol. The van der Waals surface area contributed by atoms with Crippen LogP contribution in [0.1, 0.15) is 5.76 Å². The number of nitrogens with two attached hydrogens (primary N) is 2. The minimum atomic E-state index is -3.88. The van der Waals surface area contributed by atoms with Crippen molar-refractivity contribution in [2.75, 3.05) is 5.32 Å². The SMILES string of the molecule is NS(=O)(=O)c1cccc(NCc2ccc(S(N)(=O)=O)o2)c1. The number of hydrogen-bond acceptors (Lipinski definition) is 6. The van der Waals surface area contributed by atoms with Crippen LogP contribution in [-0.2, 0) is 26.6 Å². The number of anilines is 1. The molecule has 0 saturated heterocycles. The molecule has 0 amide bonds. The lowest BCUT2D eigenvalue weighted by Crippen LogP contribution is -2.12. The molecule has 0 fully saturated rings. The van der Waals surface area contributed by atoms with Gasteiger partial charge in [0, 0.05) is 5.69 Å². The van der Waals surface area contributed by atoms with Gasteiger partial charge in [-0.1, -0.05) is 6.07 Å². The Labute approximate surface area is 121 Å². The second-order valence-electron chi connectivity index (χ2n) is 4.19. The molecule has 0 aliphatic carbocycles. The molecule has 2 aromatic rings. The van der Waals surface area contributed by atoms with Crippen LogP contribution < -0.4 is 15.6 Å². The minimum Gasteiger partial charge on any atom is -0.446 e. The van der Waals surface area contributed by atoms with Crippen LogP contribution in [0.3, 0.4) is 0 Å². The van der Waals surface area contributed by atoms with Gasteiger partial charge >= 0.3 is 0 Å². The second kappa shape index (κ2) is 5.48. The molecule has 5 N–H and O–H groups in total. The van der Waals surface area contributed by atoms with Crippen LogP contribution in [0.15, 0.2) is 50.8 Å². The van der Waals surface area contributed by atoms with E-state index in [9.17, 15) is 16.8 Å². The van der Waals surface area contributed by atoms with Crippen LogP contribution in [0.5, 0.6) is 0 Å². The van der Waals surface area contributed by atoms with Gasteiger partial charge in [-0.3, -0.25) is 0 Å². The van der Waals surface area contributed by atoms with Crippen LogP contribution in [0.2, 0.25) is 0 Å². The molecule has 114 valence electrons. The zero-order valence-electron chi connectivity index (χ0n) is 10.7. The number of primary sulfonamides is 2. The molecule has 21 heavy (non-hydrogen) atoms. The summed E-state index contributed by atoms with van der Waals surface area (Å²) >= 11 is 0. The molecule has 10 heteroatoms. The van der Waals surface area contributed by atoms with E-state index in [1.54, 1.807) is 6.07 Å². The van der Waals surface area contributed by atoms with Crippen LogP contribution in [0.25, 0.3) is 0 Å². The first-order valence-electron chi connectivity index (χ1n) is 5.64. The number of hydrogen-bond donors (Lipinski definition) is 3. The summed E-state index contributed by atoms with van der Waals surface area (Å²) in [6.45, 7) is 0.156. The van der Waals surface area contributed by atoms with Crippen molar-refractivity contribution in [2.24, 2.45) is 10.3 Å². The van der Waals surface area contributed by atoms with Gasteiger partial charge in [0.2, 0.25) is 15.1 Å². The van der Waals surface area contributed by atoms with Crippen molar-refractivity contribution in [3.8, 4) is 0 Å². The Morgan fingerprint density at radius 3 is 2.29 bits per heavy atom. The summed E-state index contributed by atoms with van der Waals surface area (Å²) in [4.78, 5) is -0.0304. The zero-order valence-corrected chi connectivity index (χ0v) is 12.3. The predicted octanol–water partition coefficient (Wildman–Crippen LogP) is 0.186. The van der Waals surface area contributed by atoms with E-state index in [-0.39, 0.29) is 16.5 Å². The van der Waals surface area contributed by atoms with Crippen molar-refractivity contribution in [3.05, 3.63) is 42.2 Å². The largest absolute Gasteiger partial charge is 0.446 e. The molecular weight excluding hydrogens is 318 g/mol. The maximum absolute atomic E-state index is 11.2. The molecule has 0 spiro atoms. The van der Waals surface area contributed by atoms with Crippen LogP contribution in [0.4, 0.5) is 5.69 Å². The number of sulfonamides is 2. The molecule has 0 aliphatic rings. The number of furan rings is 1. The van der Waals surface area contributed by atoms with E-state index in [4.69, 9.17) is 14.7 Å². The molecule has 0 saturated carbocycles. The summed E-state index contributed by atoms with van der Waals surface area (Å²) in [5.74, 6) is 0.333. The average Bonchev–Trinajstić information content (AvgIpc) is 2.84. The number of benzene rings is 1. The highest BCUT2D eigenvalue weighted by molar-refractivity contribution is 7.89. The van der Waals surface area contributed by atoms with E-state index in [1.165, 1.54) is 30.3 Å². The fraction of sp³-hybridized carbons (Fsp3) is 0.0909. The first-order chi connectivity index (χ1) is 9.66. The molecule has 0 atom stereocenters. The van der Waals surface area contributed by atoms with Gasteiger partial charge in [0.1, 0.15) is 5.76 Å². The van der Waals surface area contributed by atoms with Crippen molar-refractivity contribution in [1.82, 2.24) is 0 Å². The highest BCUT2D eigenvalue weighted by Crippen LogP contribution is 2.17. The van der Waals surface area contributed by atoms with Gasteiger partial charge < -0.3 is 9.73 Å². The Morgan fingerprint density at radius 2 is 1.71 bits per heavy atom. The van der Waals surface area contributed by atoms with Gasteiger partial charge in [-0.05, 0) is 30.3 Å². The molecule has 2 rings (SSSR count). The van der Waals surface area contributed by atoms with Gasteiger partial charge in [0.05, 0.1) is 11.4 Å². The molecule has 0 bridgehead atoms. The van der Waals surface area contributed by atoms with Crippen LogP contribution >= 0.6 is 0 Å². The maximum Gasteiger partial charge on any atom is 0.271 e. The van der Waals surface area contributed by atoms with Gasteiger partial charge in [-0.2, -0.15) is 0 Å². The van der Waals surface area contributed by atoms with E-state index in [2.05, 4.69) is 5.32 Å². The van der Waals surface area contributed by atoms with E-state index < -0.39 is 20.0 Å². The Morgan fingerprint density at radius 1 is 1.00 bits per heavy atom. The van der Waals surface area contributed by atoms with Crippen molar-refractivity contribution in [1.29, 1.82) is 0 Å². The van der Waals surface area contributed by atoms with Crippen molar-refractivity contribution < 1.29 is 21.3 Å². The lowest BCUT2D eigenvalue weighted by Gasteiger charge is -2.06. The Bertz CT molecular complexity index is 855. The smallest absolute Gasteiger partial charge is 0.271 e. The zero-order chi connectivity index (χ0) is 15.7. The third-order valence-corrected chi connectivity index (χ3v) is 4.24. The Kier molecular flexibility index (Phi) is 4.05. The summed E-state index contributed by atoms with van der Waals surface area (Å²) in [7, 11) is -7.66. The van der Waals surface area contributed by atoms with E-state index >= 15 is 0 Å². The van der Waals surface area contributed by atoms with Crippen molar-refractivity contribution >= 4 is 25.7 Å². The highest BCUT2D eigenvalue weighted by atomic mass is 32.2. The maximum atomic E-state index is 11.2. The third-order valence-electron chi connectivity index (χ3n) is 2.55. The molecular formula is C11H13N3O5S2. The van der Waals surface area contributed by atoms with Crippen LogP contribution in [-0.4, -0.2) is 16.8 Å². The number of rotatable bonds is 5. The topological polar surface area (TPSA) is 145 Å². The van der Waals surface area contributed by atoms with E-state index in [1.807, 2.05) is 0 Å². The fourth-order valence-corrected chi connectivity index (χ4v) is 2.62. The lowest BCUT2D eigenvalue weighted by molar-refractivity contribution is 0.419. The molecule has 1 aromatic carbocycles. The van der Waals surface area contributed by atoms with Gasteiger partial charge in [-0.15, -0.1) is 0 Å². The molecule has 1 heterocycles. The summed E-state index contributed by atoms with van der Waals surface area (Å²) in [6, 6.07) is 8.59. The molecule has 0 aliphatic heterocycles. The van der Waals surface area contributed by atoms with Gasteiger partial charge in [0.25, 0.3) is 10.0 Å². The Hall–Kier alpha value is -1.88. The first kappa shape index (κ1) is 15.5. The summed E-state index contributed by atoms with van der Waals surface area (Å²) in [6.07, 6.45) is 0. The molecule has 8 nitrogen and oxygen atoms in total. The highest BCUT2D eigenvalue weighted by Gasteiger charge is 2.13. The average molecular weight is 331 g/mol. The van der Waals surface area contributed by atoms with Gasteiger partial charge in [-0.25, -0.2) is 27.1 Å². The second-order valence-corrected chi connectivity index (χ2v) is 7.25.